The van der Waals surface area contributed by atoms with Crippen LogP contribution in [0.1, 0.15) is 38.4 Å². The Balaban J connectivity index is 2.87. The predicted molar refractivity (Wildman–Crippen MR) is 48.1 cm³/mol. The van der Waals surface area contributed by atoms with Gasteiger partial charge in [0.05, 0.1) is 6.04 Å². The van der Waals surface area contributed by atoms with Gasteiger partial charge in [-0.25, -0.2) is 9.37 Å². The van der Waals surface area contributed by atoms with E-state index in [0.29, 0.717) is 11.6 Å². The third kappa shape index (κ3) is 2.28. The van der Waals surface area contributed by atoms with Gasteiger partial charge in [0.1, 0.15) is 17.6 Å². The molecular formula is C9H15FN2O. The van der Waals surface area contributed by atoms with Gasteiger partial charge in [-0.2, -0.15) is 0 Å². The molecule has 13 heavy (non-hydrogen) atoms. The highest BCUT2D eigenvalue weighted by atomic mass is 19.1. The summed E-state index contributed by atoms with van der Waals surface area (Å²) in [7, 11) is 1.80. The summed E-state index contributed by atoms with van der Waals surface area (Å²) in [5.74, 6) is 0.517. The highest BCUT2D eigenvalue weighted by molar-refractivity contribution is 5.06. The summed E-state index contributed by atoms with van der Waals surface area (Å²) in [5, 5.41) is 2.97. The van der Waals surface area contributed by atoms with E-state index in [1.165, 1.54) is 20.1 Å². The summed E-state index contributed by atoms with van der Waals surface area (Å²) >= 11 is 0. The minimum Gasteiger partial charge on any atom is -0.447 e. The highest BCUT2D eigenvalue weighted by Gasteiger charge is 2.24. The van der Waals surface area contributed by atoms with Crippen LogP contribution in [0, 0.1) is 0 Å². The van der Waals surface area contributed by atoms with Crippen molar-refractivity contribution in [1.82, 2.24) is 10.3 Å². The lowest BCUT2D eigenvalue weighted by molar-refractivity contribution is 0.214. The predicted octanol–water partition coefficient (Wildman–Crippen LogP) is 2.16. The zero-order valence-electron chi connectivity index (χ0n) is 8.39. The van der Waals surface area contributed by atoms with E-state index in [1.54, 1.807) is 7.05 Å². The van der Waals surface area contributed by atoms with Gasteiger partial charge in [-0.3, -0.25) is 0 Å². The van der Waals surface area contributed by atoms with E-state index in [0.717, 1.165) is 0 Å². The van der Waals surface area contributed by atoms with Gasteiger partial charge in [-0.05, 0) is 27.8 Å². The van der Waals surface area contributed by atoms with Crippen molar-refractivity contribution < 1.29 is 8.81 Å². The molecule has 1 heterocycles. The van der Waals surface area contributed by atoms with E-state index in [-0.39, 0.29) is 6.04 Å². The van der Waals surface area contributed by atoms with Crippen molar-refractivity contribution in [3.05, 3.63) is 17.8 Å². The average Bonchev–Trinajstić information content (AvgIpc) is 2.50. The average molecular weight is 186 g/mol. The lowest BCUT2D eigenvalue weighted by Crippen LogP contribution is -2.14. The minimum atomic E-state index is -1.44. The molecule has 0 amide bonds. The first kappa shape index (κ1) is 10.2. The van der Waals surface area contributed by atoms with Crippen molar-refractivity contribution in [1.29, 1.82) is 0 Å². The second kappa shape index (κ2) is 3.46. The Bertz CT molecular complexity index is 277. The largest absolute Gasteiger partial charge is 0.447 e. The van der Waals surface area contributed by atoms with Gasteiger partial charge in [0.2, 0.25) is 5.89 Å². The molecule has 0 aliphatic heterocycles. The number of halogens is 1. The van der Waals surface area contributed by atoms with E-state index >= 15 is 0 Å². The fraction of sp³-hybridized carbons (Fsp3) is 0.667. The summed E-state index contributed by atoms with van der Waals surface area (Å²) < 4.78 is 18.5. The third-order valence-electron chi connectivity index (χ3n) is 1.93. The van der Waals surface area contributed by atoms with Crippen LogP contribution in [0.5, 0.6) is 0 Å². The molecular weight excluding hydrogens is 171 g/mol. The van der Waals surface area contributed by atoms with Crippen LogP contribution in [0.3, 0.4) is 0 Å². The second-order valence-corrected chi connectivity index (χ2v) is 3.55. The van der Waals surface area contributed by atoms with Crippen molar-refractivity contribution >= 4 is 0 Å². The maximum absolute atomic E-state index is 13.4. The van der Waals surface area contributed by atoms with Crippen LogP contribution in [-0.2, 0) is 5.67 Å². The molecule has 74 valence electrons. The zero-order valence-corrected chi connectivity index (χ0v) is 8.39. The number of rotatable bonds is 3. The molecule has 1 unspecified atom stereocenters. The molecule has 1 rings (SSSR count). The molecule has 1 aromatic rings. The van der Waals surface area contributed by atoms with Crippen LogP contribution in [0.15, 0.2) is 10.7 Å². The van der Waals surface area contributed by atoms with E-state index in [2.05, 4.69) is 10.3 Å². The molecule has 0 aliphatic rings. The van der Waals surface area contributed by atoms with E-state index in [4.69, 9.17) is 4.42 Å². The van der Waals surface area contributed by atoms with Gasteiger partial charge < -0.3 is 9.73 Å². The monoisotopic (exact) mass is 186 g/mol. The standard InChI is InChI=1S/C9H15FN2O/c1-6(11-4)8-12-7(5-13-8)9(2,3)10/h5-6,11H,1-4H3. The summed E-state index contributed by atoms with van der Waals surface area (Å²) in [6.45, 7) is 4.82. The molecule has 1 atom stereocenters. The van der Waals surface area contributed by atoms with E-state index < -0.39 is 5.67 Å². The van der Waals surface area contributed by atoms with E-state index in [1.807, 2.05) is 6.92 Å². The Hall–Kier alpha value is -0.900. The first-order chi connectivity index (χ1) is 5.95. The zero-order chi connectivity index (χ0) is 10.1. The SMILES string of the molecule is CNC(C)c1nc(C(C)(C)F)co1. The summed E-state index contributed by atoms with van der Waals surface area (Å²) in [6.07, 6.45) is 1.36. The summed E-state index contributed by atoms with van der Waals surface area (Å²) in [5.41, 5.74) is -1.10. The lowest BCUT2D eigenvalue weighted by Gasteiger charge is -2.08. The molecule has 0 fully saturated rings. The van der Waals surface area contributed by atoms with Gasteiger partial charge in [-0.1, -0.05) is 0 Å². The number of hydrogen-bond donors (Lipinski definition) is 1. The minimum absolute atomic E-state index is 0.0103. The number of oxazole rings is 1. The van der Waals surface area contributed by atoms with Crippen molar-refractivity contribution in [3.8, 4) is 0 Å². The molecule has 0 radical (unpaired) electrons. The Morgan fingerprint density at radius 2 is 2.23 bits per heavy atom. The Morgan fingerprint density at radius 3 is 2.62 bits per heavy atom. The molecule has 0 saturated carbocycles. The van der Waals surface area contributed by atoms with Crippen LogP contribution in [0.4, 0.5) is 4.39 Å². The van der Waals surface area contributed by atoms with Crippen LogP contribution in [0.25, 0.3) is 0 Å². The van der Waals surface area contributed by atoms with Gasteiger partial charge in [0.15, 0.2) is 0 Å². The lowest BCUT2D eigenvalue weighted by atomic mass is 10.1. The molecule has 4 heteroatoms. The Labute approximate surface area is 77.4 Å². The van der Waals surface area contributed by atoms with Crippen molar-refractivity contribution in [3.63, 3.8) is 0 Å². The van der Waals surface area contributed by atoms with Gasteiger partial charge in [0.25, 0.3) is 0 Å². The fourth-order valence-corrected chi connectivity index (χ4v) is 0.883. The Kier molecular flexibility index (Phi) is 2.71. The molecule has 0 bridgehead atoms. The van der Waals surface area contributed by atoms with Crippen molar-refractivity contribution in [2.75, 3.05) is 7.05 Å². The molecule has 0 saturated heterocycles. The second-order valence-electron chi connectivity index (χ2n) is 3.55. The molecule has 1 aromatic heterocycles. The number of hydrogen-bond acceptors (Lipinski definition) is 3. The third-order valence-corrected chi connectivity index (χ3v) is 1.93. The molecule has 0 spiro atoms. The summed E-state index contributed by atoms with van der Waals surface area (Å²) in [6, 6.07) is 0.0103. The highest BCUT2D eigenvalue weighted by Crippen LogP contribution is 2.24. The number of aromatic nitrogens is 1. The molecule has 0 aromatic carbocycles. The fourth-order valence-electron chi connectivity index (χ4n) is 0.883. The van der Waals surface area contributed by atoms with Gasteiger partial charge >= 0.3 is 0 Å². The molecule has 1 N–H and O–H groups in total. The van der Waals surface area contributed by atoms with Crippen molar-refractivity contribution in [2.24, 2.45) is 0 Å². The quantitative estimate of drug-likeness (QED) is 0.786. The van der Waals surface area contributed by atoms with Crippen LogP contribution in [-0.4, -0.2) is 12.0 Å². The summed E-state index contributed by atoms with van der Waals surface area (Å²) in [4.78, 5) is 4.05. The van der Waals surface area contributed by atoms with Crippen molar-refractivity contribution in [2.45, 2.75) is 32.5 Å². The van der Waals surface area contributed by atoms with Gasteiger partial charge in [0, 0.05) is 0 Å². The Morgan fingerprint density at radius 1 is 1.62 bits per heavy atom. The number of nitrogens with one attached hydrogen (secondary N) is 1. The number of nitrogens with zero attached hydrogens (tertiary/aromatic N) is 1. The smallest absolute Gasteiger partial charge is 0.211 e. The van der Waals surface area contributed by atoms with Gasteiger partial charge in [-0.15, -0.1) is 0 Å². The molecule has 3 nitrogen and oxygen atoms in total. The first-order valence-electron chi connectivity index (χ1n) is 4.27. The molecule has 0 aliphatic carbocycles. The topological polar surface area (TPSA) is 38.1 Å². The van der Waals surface area contributed by atoms with Crippen LogP contribution >= 0.6 is 0 Å². The van der Waals surface area contributed by atoms with Crippen LogP contribution in [0.2, 0.25) is 0 Å². The van der Waals surface area contributed by atoms with E-state index in [9.17, 15) is 4.39 Å². The maximum Gasteiger partial charge on any atom is 0.211 e. The maximum atomic E-state index is 13.4. The normalized spacial score (nSPS) is 14.5. The van der Waals surface area contributed by atoms with Crippen LogP contribution < -0.4 is 5.32 Å². The first-order valence-corrected chi connectivity index (χ1v) is 4.27. The number of alkyl halides is 1.